The zero-order valence-corrected chi connectivity index (χ0v) is 19.1. The van der Waals surface area contributed by atoms with Crippen LogP contribution in [0.3, 0.4) is 0 Å². The molecule has 8 nitrogen and oxygen atoms in total. The van der Waals surface area contributed by atoms with Gasteiger partial charge in [-0.2, -0.15) is 0 Å². The largest absolute Gasteiger partial charge is 0.494 e. The summed E-state index contributed by atoms with van der Waals surface area (Å²) >= 11 is 1.13. The number of anilines is 1. The molecule has 168 valence electrons. The van der Waals surface area contributed by atoms with E-state index in [4.69, 9.17) is 9.84 Å². The average Bonchev–Trinajstić information content (AvgIpc) is 3.15. The van der Waals surface area contributed by atoms with Gasteiger partial charge in [0.1, 0.15) is 11.0 Å². The summed E-state index contributed by atoms with van der Waals surface area (Å²) in [7, 11) is 1.79. The van der Waals surface area contributed by atoms with Crippen LogP contribution in [0.2, 0.25) is 0 Å². The van der Waals surface area contributed by atoms with Crippen LogP contribution in [0.15, 0.2) is 53.7 Å². The number of hydrogen-bond acceptors (Lipinski definition) is 6. The minimum atomic E-state index is -0.904. The van der Waals surface area contributed by atoms with Gasteiger partial charge in [0.25, 0.3) is 5.91 Å². The molecular formula is C23H26N4O4S. The van der Waals surface area contributed by atoms with Crippen LogP contribution < -0.4 is 10.1 Å². The van der Waals surface area contributed by atoms with Crippen molar-refractivity contribution in [2.45, 2.75) is 37.1 Å². The normalized spacial score (nSPS) is 11.7. The molecule has 0 radical (unpaired) electrons. The number of nitrogens with one attached hydrogen (secondary N) is 1. The molecule has 2 N–H and O–H groups in total. The van der Waals surface area contributed by atoms with Gasteiger partial charge >= 0.3 is 5.97 Å². The van der Waals surface area contributed by atoms with Crippen LogP contribution >= 0.6 is 11.8 Å². The third-order valence-electron chi connectivity index (χ3n) is 4.75. The van der Waals surface area contributed by atoms with Gasteiger partial charge < -0.3 is 19.7 Å². The quantitative estimate of drug-likeness (QED) is 0.344. The highest BCUT2D eigenvalue weighted by Crippen LogP contribution is 2.26. The van der Waals surface area contributed by atoms with Crippen molar-refractivity contribution in [3.63, 3.8) is 0 Å². The van der Waals surface area contributed by atoms with Crippen molar-refractivity contribution >= 4 is 29.3 Å². The summed E-state index contributed by atoms with van der Waals surface area (Å²) in [5.41, 5.74) is 2.00. The summed E-state index contributed by atoms with van der Waals surface area (Å²) in [5.74, 6) is 0.246. The highest BCUT2D eigenvalue weighted by Gasteiger charge is 2.18. The number of amides is 1. The minimum Gasteiger partial charge on any atom is -0.494 e. The first-order valence-corrected chi connectivity index (χ1v) is 11.2. The van der Waals surface area contributed by atoms with Gasteiger partial charge in [0, 0.05) is 23.9 Å². The summed E-state index contributed by atoms with van der Waals surface area (Å²) < 4.78 is 7.38. The zero-order chi connectivity index (χ0) is 23.1. The Labute approximate surface area is 191 Å². The number of rotatable bonds is 10. The Kier molecular flexibility index (Phi) is 7.88. The lowest BCUT2D eigenvalue weighted by Gasteiger charge is -2.09. The number of hydrogen-bond donors (Lipinski definition) is 2. The molecule has 3 aromatic rings. The molecule has 2 aromatic carbocycles. The van der Waals surface area contributed by atoms with E-state index in [-0.39, 0.29) is 5.91 Å². The van der Waals surface area contributed by atoms with Crippen molar-refractivity contribution in [1.29, 1.82) is 0 Å². The molecule has 1 aromatic heterocycles. The molecule has 9 heteroatoms. The van der Waals surface area contributed by atoms with Crippen molar-refractivity contribution in [3.05, 3.63) is 54.1 Å². The van der Waals surface area contributed by atoms with E-state index in [1.165, 1.54) is 0 Å². The fourth-order valence-electron chi connectivity index (χ4n) is 2.82. The van der Waals surface area contributed by atoms with Crippen LogP contribution in [-0.4, -0.2) is 43.6 Å². The summed E-state index contributed by atoms with van der Waals surface area (Å²) in [4.78, 5) is 23.6. The van der Waals surface area contributed by atoms with E-state index >= 15 is 0 Å². The van der Waals surface area contributed by atoms with Gasteiger partial charge in [-0.15, -0.1) is 10.2 Å². The molecule has 3 rings (SSSR count). The van der Waals surface area contributed by atoms with E-state index in [0.717, 1.165) is 35.9 Å². The lowest BCUT2D eigenvalue weighted by Crippen LogP contribution is -2.12. The molecule has 0 aliphatic heterocycles. The molecule has 1 atom stereocenters. The second-order valence-corrected chi connectivity index (χ2v) is 8.53. The van der Waals surface area contributed by atoms with Gasteiger partial charge in [0.2, 0.25) is 0 Å². The first-order valence-electron chi connectivity index (χ1n) is 10.3. The average molecular weight is 455 g/mol. The Morgan fingerprint density at radius 3 is 2.44 bits per heavy atom. The topological polar surface area (TPSA) is 106 Å². The number of ether oxygens (including phenoxy) is 1. The number of benzene rings is 2. The third-order valence-corrected chi connectivity index (χ3v) is 5.87. The number of nitrogens with zero attached hydrogens (tertiary/aromatic N) is 3. The SMILES string of the molecule is CCCCOc1ccc(C(=O)Nc2ccc(-c3nnc(SC(C)C(=O)O)n3C)cc2)cc1. The predicted octanol–water partition coefficient (Wildman–Crippen LogP) is 4.48. The summed E-state index contributed by atoms with van der Waals surface area (Å²) in [6, 6.07) is 14.3. The van der Waals surface area contributed by atoms with E-state index in [1.54, 1.807) is 54.9 Å². The molecule has 0 aliphatic rings. The van der Waals surface area contributed by atoms with Crippen LogP contribution in [0.25, 0.3) is 11.4 Å². The number of aliphatic carboxylic acids is 1. The van der Waals surface area contributed by atoms with Gasteiger partial charge in [-0.05, 0) is 61.9 Å². The molecule has 32 heavy (non-hydrogen) atoms. The number of thioether (sulfide) groups is 1. The van der Waals surface area contributed by atoms with E-state index in [2.05, 4.69) is 22.4 Å². The van der Waals surface area contributed by atoms with Gasteiger partial charge in [-0.3, -0.25) is 9.59 Å². The summed E-state index contributed by atoms with van der Waals surface area (Å²) in [5, 5.41) is 20.1. The van der Waals surface area contributed by atoms with Crippen molar-refractivity contribution in [3.8, 4) is 17.1 Å². The van der Waals surface area contributed by atoms with Crippen LogP contribution in [0, 0.1) is 0 Å². The van der Waals surface area contributed by atoms with Crippen molar-refractivity contribution < 1.29 is 19.4 Å². The number of carbonyl (C=O) groups excluding carboxylic acids is 1. The fraction of sp³-hybridized carbons (Fsp3) is 0.304. The van der Waals surface area contributed by atoms with E-state index in [1.807, 2.05) is 12.1 Å². The Bertz CT molecular complexity index is 1060. The lowest BCUT2D eigenvalue weighted by atomic mass is 10.1. The van der Waals surface area contributed by atoms with Crippen molar-refractivity contribution in [2.24, 2.45) is 7.05 Å². The van der Waals surface area contributed by atoms with Crippen LogP contribution in [0.1, 0.15) is 37.0 Å². The van der Waals surface area contributed by atoms with Crippen molar-refractivity contribution in [1.82, 2.24) is 14.8 Å². The predicted molar refractivity (Wildman–Crippen MR) is 124 cm³/mol. The Morgan fingerprint density at radius 2 is 1.81 bits per heavy atom. The first-order chi connectivity index (χ1) is 15.4. The molecule has 0 fully saturated rings. The maximum absolute atomic E-state index is 12.5. The Hall–Kier alpha value is -3.33. The highest BCUT2D eigenvalue weighted by atomic mass is 32.2. The molecule has 0 bridgehead atoms. The van der Waals surface area contributed by atoms with Crippen LogP contribution in [0.4, 0.5) is 5.69 Å². The molecule has 0 saturated carbocycles. The summed E-state index contributed by atoms with van der Waals surface area (Å²) in [6.45, 7) is 4.38. The Balaban J connectivity index is 1.63. The number of unbranched alkanes of at least 4 members (excludes halogenated alkanes) is 1. The van der Waals surface area contributed by atoms with Crippen molar-refractivity contribution in [2.75, 3.05) is 11.9 Å². The highest BCUT2D eigenvalue weighted by molar-refractivity contribution is 8.00. The molecular weight excluding hydrogens is 428 g/mol. The van der Waals surface area contributed by atoms with Gasteiger partial charge in [-0.25, -0.2) is 0 Å². The smallest absolute Gasteiger partial charge is 0.316 e. The minimum absolute atomic E-state index is 0.210. The second-order valence-electron chi connectivity index (χ2n) is 7.22. The third kappa shape index (κ3) is 5.88. The zero-order valence-electron chi connectivity index (χ0n) is 18.2. The van der Waals surface area contributed by atoms with Gasteiger partial charge in [-0.1, -0.05) is 25.1 Å². The van der Waals surface area contributed by atoms with Crippen LogP contribution in [-0.2, 0) is 11.8 Å². The fourth-order valence-corrected chi connectivity index (χ4v) is 3.57. The first kappa shape index (κ1) is 23.3. The number of carboxylic acid groups (broad SMARTS) is 1. The van der Waals surface area contributed by atoms with E-state index in [9.17, 15) is 9.59 Å². The number of aromatic nitrogens is 3. The molecule has 1 heterocycles. The summed E-state index contributed by atoms with van der Waals surface area (Å²) in [6.07, 6.45) is 2.06. The second kappa shape index (κ2) is 10.8. The van der Waals surface area contributed by atoms with Gasteiger partial charge in [0.15, 0.2) is 11.0 Å². The van der Waals surface area contributed by atoms with E-state index < -0.39 is 11.2 Å². The lowest BCUT2D eigenvalue weighted by molar-refractivity contribution is -0.136. The maximum Gasteiger partial charge on any atom is 0.316 e. The molecule has 0 saturated heterocycles. The molecule has 1 amide bonds. The van der Waals surface area contributed by atoms with Crippen LogP contribution in [0.5, 0.6) is 5.75 Å². The monoisotopic (exact) mass is 454 g/mol. The maximum atomic E-state index is 12.5. The number of carboxylic acids is 1. The van der Waals surface area contributed by atoms with E-state index in [0.29, 0.717) is 28.8 Å². The van der Waals surface area contributed by atoms with Gasteiger partial charge in [0.05, 0.1) is 6.61 Å². The standard InChI is InChI=1S/C23H26N4O4S/c1-4-5-14-31-19-12-8-17(9-13-19)21(28)24-18-10-6-16(7-11-18)20-25-26-23(27(20)3)32-15(2)22(29)30/h6-13,15H,4-5,14H2,1-3H3,(H,24,28)(H,29,30). The molecule has 0 aliphatic carbocycles. The molecule has 0 spiro atoms. The Morgan fingerprint density at radius 1 is 1.12 bits per heavy atom. The molecule has 1 unspecified atom stereocenters. The number of carbonyl (C=O) groups is 2.